The molecule has 0 amide bonds. The smallest absolute Gasteiger partial charge is 0.168 e. The van der Waals surface area contributed by atoms with Gasteiger partial charge in [0.2, 0.25) is 0 Å². The molecule has 1 aromatic carbocycles. The molecule has 0 radical (unpaired) electrons. The summed E-state index contributed by atoms with van der Waals surface area (Å²) in [5.41, 5.74) is 2.56. The lowest BCUT2D eigenvalue weighted by molar-refractivity contribution is 0.0967. The van der Waals surface area contributed by atoms with E-state index in [1.807, 2.05) is 18.2 Å². The summed E-state index contributed by atoms with van der Waals surface area (Å²) in [6.07, 6.45) is 4.28. The average molecular weight is 297 g/mol. The summed E-state index contributed by atoms with van der Waals surface area (Å²) in [5.74, 6) is 0.548. The minimum Gasteiger partial charge on any atom is -0.345 e. The summed E-state index contributed by atoms with van der Waals surface area (Å²) >= 11 is 6.21. The first-order valence-corrected chi connectivity index (χ1v) is 7.34. The van der Waals surface area contributed by atoms with Gasteiger partial charge in [-0.3, -0.25) is 4.79 Å². The highest BCUT2D eigenvalue weighted by Gasteiger charge is 2.44. The third-order valence-corrected chi connectivity index (χ3v) is 4.46. The van der Waals surface area contributed by atoms with Gasteiger partial charge in [-0.15, -0.1) is 0 Å². The Kier molecular flexibility index (Phi) is 2.82. The predicted molar refractivity (Wildman–Crippen MR) is 82.7 cm³/mol. The molecule has 1 saturated carbocycles. The highest BCUT2D eigenvalue weighted by atomic mass is 35.5. The van der Waals surface area contributed by atoms with Gasteiger partial charge in [0.1, 0.15) is 5.65 Å². The molecule has 104 valence electrons. The molecule has 1 N–H and O–H groups in total. The molecule has 1 aliphatic rings. The molecule has 4 rings (SSSR count). The first-order valence-electron chi connectivity index (χ1n) is 6.96. The molecule has 3 aromatic rings. The Hall–Kier alpha value is -2.13. The van der Waals surface area contributed by atoms with E-state index in [2.05, 4.69) is 22.1 Å². The molecule has 1 fully saturated rings. The molecule has 2 aromatic heterocycles. The quantitative estimate of drug-likeness (QED) is 0.736. The van der Waals surface area contributed by atoms with Crippen molar-refractivity contribution in [3.8, 4) is 0 Å². The maximum atomic E-state index is 12.7. The second-order valence-electron chi connectivity index (χ2n) is 5.44. The molecule has 0 aliphatic heterocycles. The van der Waals surface area contributed by atoms with E-state index in [0.717, 1.165) is 11.8 Å². The highest BCUT2D eigenvalue weighted by Crippen LogP contribution is 2.49. The first-order chi connectivity index (χ1) is 10.3. The Bertz CT molecular complexity index is 825. The largest absolute Gasteiger partial charge is 0.345 e. The molecular weight excluding hydrogens is 284 g/mol. The van der Waals surface area contributed by atoms with Gasteiger partial charge < -0.3 is 4.98 Å². The monoisotopic (exact) mass is 296 g/mol. The molecule has 2 heterocycles. The molecule has 4 heteroatoms. The van der Waals surface area contributed by atoms with E-state index in [1.54, 1.807) is 18.5 Å². The Labute approximate surface area is 127 Å². The van der Waals surface area contributed by atoms with Crippen molar-refractivity contribution >= 4 is 28.4 Å². The number of halogens is 1. The molecule has 3 nitrogen and oxygen atoms in total. The summed E-state index contributed by atoms with van der Waals surface area (Å²) in [6.45, 7) is 0. The van der Waals surface area contributed by atoms with Crippen LogP contribution >= 0.6 is 11.6 Å². The molecular formula is C17H13ClN2O. The lowest BCUT2D eigenvalue weighted by atomic mass is 10.0. The van der Waals surface area contributed by atoms with Crippen molar-refractivity contribution < 1.29 is 4.79 Å². The van der Waals surface area contributed by atoms with Gasteiger partial charge in [-0.25, -0.2) is 4.98 Å². The maximum Gasteiger partial charge on any atom is 0.168 e. The van der Waals surface area contributed by atoms with E-state index in [0.29, 0.717) is 22.2 Å². The topological polar surface area (TPSA) is 45.8 Å². The lowest BCUT2D eigenvalue weighted by Crippen LogP contribution is -2.02. The number of pyridine rings is 1. The Morgan fingerprint density at radius 2 is 2.05 bits per heavy atom. The van der Waals surface area contributed by atoms with Gasteiger partial charge >= 0.3 is 0 Å². The second kappa shape index (κ2) is 4.71. The predicted octanol–water partition coefficient (Wildman–Crippen LogP) is 4.20. The summed E-state index contributed by atoms with van der Waals surface area (Å²) in [4.78, 5) is 20.0. The van der Waals surface area contributed by atoms with E-state index >= 15 is 0 Å². The number of carbonyl (C=O) groups is 1. The number of hydrogen-bond acceptors (Lipinski definition) is 2. The summed E-state index contributed by atoms with van der Waals surface area (Å²) in [5, 5.41) is 1.31. The van der Waals surface area contributed by atoms with Crippen LogP contribution in [0.1, 0.15) is 28.3 Å². The third kappa shape index (κ3) is 2.05. The normalized spacial score (nSPS) is 20.6. The van der Waals surface area contributed by atoms with Crippen LogP contribution in [0.15, 0.2) is 48.8 Å². The van der Waals surface area contributed by atoms with Crippen molar-refractivity contribution in [3.05, 3.63) is 64.9 Å². The SMILES string of the molecule is O=C(c1c[nH]c2nccc(Cl)c12)C1CC1c1ccccc1. The maximum absolute atomic E-state index is 12.7. The Balaban J connectivity index is 1.67. The van der Waals surface area contributed by atoms with Gasteiger partial charge in [0, 0.05) is 29.3 Å². The Morgan fingerprint density at radius 3 is 2.86 bits per heavy atom. The van der Waals surface area contributed by atoms with Crippen molar-refractivity contribution in [2.24, 2.45) is 5.92 Å². The van der Waals surface area contributed by atoms with Crippen LogP contribution in [0.5, 0.6) is 0 Å². The van der Waals surface area contributed by atoms with Crippen molar-refractivity contribution in [3.63, 3.8) is 0 Å². The molecule has 0 spiro atoms. The number of aromatic amines is 1. The van der Waals surface area contributed by atoms with Crippen LogP contribution in [0, 0.1) is 5.92 Å². The van der Waals surface area contributed by atoms with Gasteiger partial charge in [-0.1, -0.05) is 41.9 Å². The first kappa shape index (κ1) is 12.6. The van der Waals surface area contributed by atoms with Crippen LogP contribution in [0.4, 0.5) is 0 Å². The van der Waals surface area contributed by atoms with E-state index in [9.17, 15) is 4.79 Å². The zero-order valence-corrected chi connectivity index (χ0v) is 12.0. The zero-order chi connectivity index (χ0) is 14.4. The van der Waals surface area contributed by atoms with Crippen LogP contribution in [0.3, 0.4) is 0 Å². The molecule has 0 bridgehead atoms. The van der Waals surface area contributed by atoms with Crippen molar-refractivity contribution in [2.75, 3.05) is 0 Å². The van der Waals surface area contributed by atoms with Gasteiger partial charge in [-0.05, 0) is 24.0 Å². The summed E-state index contributed by atoms with van der Waals surface area (Å²) < 4.78 is 0. The molecule has 2 atom stereocenters. The highest BCUT2D eigenvalue weighted by molar-refractivity contribution is 6.36. The number of fused-ring (bicyclic) bond motifs is 1. The van der Waals surface area contributed by atoms with Gasteiger partial charge in [0.25, 0.3) is 0 Å². The number of nitrogens with zero attached hydrogens (tertiary/aromatic N) is 1. The summed E-state index contributed by atoms with van der Waals surface area (Å²) in [6, 6.07) is 11.9. The number of ketones is 1. The number of benzene rings is 1. The van der Waals surface area contributed by atoms with Crippen LogP contribution in [-0.4, -0.2) is 15.8 Å². The van der Waals surface area contributed by atoms with Crippen LogP contribution in [0.25, 0.3) is 11.0 Å². The van der Waals surface area contributed by atoms with Crippen molar-refractivity contribution in [1.29, 1.82) is 0 Å². The van der Waals surface area contributed by atoms with Crippen molar-refractivity contribution in [2.45, 2.75) is 12.3 Å². The minimum absolute atomic E-state index is 0.0580. The molecule has 0 saturated heterocycles. The van der Waals surface area contributed by atoms with Crippen LogP contribution in [-0.2, 0) is 0 Å². The third-order valence-electron chi connectivity index (χ3n) is 4.14. The van der Waals surface area contributed by atoms with Gasteiger partial charge in [0.15, 0.2) is 5.78 Å². The Morgan fingerprint density at radius 1 is 1.24 bits per heavy atom. The molecule has 2 unspecified atom stereocenters. The fraction of sp³-hybridized carbons (Fsp3) is 0.176. The van der Waals surface area contributed by atoms with Gasteiger partial charge in [0.05, 0.1) is 5.02 Å². The number of nitrogens with one attached hydrogen (secondary N) is 1. The zero-order valence-electron chi connectivity index (χ0n) is 11.2. The molecule has 1 aliphatic carbocycles. The fourth-order valence-electron chi connectivity index (χ4n) is 2.96. The van der Waals surface area contributed by atoms with E-state index in [-0.39, 0.29) is 11.7 Å². The number of Topliss-reactive ketones (excluding diaryl/α,β-unsaturated/α-hetero) is 1. The fourth-order valence-corrected chi connectivity index (χ4v) is 3.21. The van der Waals surface area contributed by atoms with Crippen molar-refractivity contribution in [1.82, 2.24) is 9.97 Å². The number of aromatic nitrogens is 2. The lowest BCUT2D eigenvalue weighted by Gasteiger charge is -2.01. The number of carbonyl (C=O) groups excluding carboxylic acids is 1. The second-order valence-corrected chi connectivity index (χ2v) is 5.85. The van der Waals surface area contributed by atoms with E-state index in [1.165, 1.54) is 5.56 Å². The van der Waals surface area contributed by atoms with Crippen LogP contribution < -0.4 is 0 Å². The number of hydrogen-bond donors (Lipinski definition) is 1. The molecule has 21 heavy (non-hydrogen) atoms. The van der Waals surface area contributed by atoms with Gasteiger partial charge in [-0.2, -0.15) is 0 Å². The van der Waals surface area contributed by atoms with Crippen LogP contribution in [0.2, 0.25) is 5.02 Å². The minimum atomic E-state index is 0.0580. The number of rotatable bonds is 3. The number of H-pyrrole nitrogens is 1. The summed E-state index contributed by atoms with van der Waals surface area (Å²) in [7, 11) is 0. The standard InChI is InChI=1S/C17H13ClN2O/c18-14-6-7-19-17-15(14)13(9-20-17)16(21)12-8-11(12)10-4-2-1-3-5-10/h1-7,9,11-12H,8H2,(H,19,20). The van der Waals surface area contributed by atoms with E-state index < -0.39 is 0 Å². The van der Waals surface area contributed by atoms with E-state index in [4.69, 9.17) is 11.6 Å². The average Bonchev–Trinajstić information content (AvgIpc) is 3.20.